The highest BCUT2D eigenvalue weighted by Crippen LogP contribution is 2.22. The van der Waals surface area contributed by atoms with E-state index >= 15 is 0 Å². The van der Waals surface area contributed by atoms with Gasteiger partial charge in [0.1, 0.15) is 6.33 Å². The largest absolute Gasteiger partial charge is 0.318 e. The van der Waals surface area contributed by atoms with E-state index in [4.69, 9.17) is 11.6 Å². The van der Waals surface area contributed by atoms with Gasteiger partial charge in [-0.05, 0) is 24.6 Å². The van der Waals surface area contributed by atoms with Crippen LogP contribution in [-0.2, 0) is 0 Å². The Morgan fingerprint density at radius 3 is 3.00 bits per heavy atom. The van der Waals surface area contributed by atoms with Crippen LogP contribution in [0.2, 0.25) is 5.02 Å². The van der Waals surface area contributed by atoms with Crippen LogP contribution in [-0.4, -0.2) is 21.1 Å². The molecule has 0 bridgehead atoms. The molecule has 2 aromatic rings. The minimum atomic E-state index is -0.370. The number of aromatic amines is 1. The molecule has 0 fully saturated rings. The molecule has 0 saturated carbocycles. The monoisotopic (exact) mass is 236 g/mol. The molecule has 2 rings (SSSR count). The van der Waals surface area contributed by atoms with Crippen LogP contribution in [0.15, 0.2) is 24.5 Å². The van der Waals surface area contributed by atoms with Gasteiger partial charge in [-0.3, -0.25) is 9.89 Å². The van der Waals surface area contributed by atoms with Crippen molar-refractivity contribution >= 4 is 23.2 Å². The molecule has 1 aromatic heterocycles. The molecule has 1 amide bonds. The second-order valence-electron chi connectivity index (χ2n) is 3.27. The molecular formula is C10H9ClN4O. The Bertz CT molecular complexity index is 510. The lowest BCUT2D eigenvalue weighted by Crippen LogP contribution is -2.14. The van der Waals surface area contributed by atoms with Crippen LogP contribution in [0.1, 0.15) is 16.2 Å². The van der Waals surface area contributed by atoms with E-state index in [1.54, 1.807) is 12.1 Å². The molecule has 0 aliphatic heterocycles. The van der Waals surface area contributed by atoms with Gasteiger partial charge < -0.3 is 5.32 Å². The summed E-state index contributed by atoms with van der Waals surface area (Å²) in [5, 5.41) is 9.20. The summed E-state index contributed by atoms with van der Waals surface area (Å²) in [6.45, 7) is 1.92. The van der Waals surface area contributed by atoms with Crippen LogP contribution in [0.5, 0.6) is 0 Å². The highest BCUT2D eigenvalue weighted by Gasteiger charge is 2.10. The van der Waals surface area contributed by atoms with Crippen molar-refractivity contribution in [1.29, 1.82) is 0 Å². The van der Waals surface area contributed by atoms with Crippen molar-refractivity contribution < 1.29 is 4.79 Å². The van der Waals surface area contributed by atoms with Gasteiger partial charge in [-0.1, -0.05) is 17.7 Å². The van der Waals surface area contributed by atoms with Crippen LogP contribution in [0, 0.1) is 6.92 Å². The Balaban J connectivity index is 2.21. The summed E-state index contributed by atoms with van der Waals surface area (Å²) in [5.41, 5.74) is 1.57. The highest BCUT2D eigenvalue weighted by atomic mass is 35.5. The minimum absolute atomic E-state index is 0.151. The number of halogens is 1. The summed E-state index contributed by atoms with van der Waals surface area (Å²) in [4.78, 5) is 15.4. The molecule has 0 unspecified atom stereocenters. The molecule has 5 nitrogen and oxygen atoms in total. The van der Waals surface area contributed by atoms with Gasteiger partial charge >= 0.3 is 0 Å². The second-order valence-corrected chi connectivity index (χ2v) is 3.68. The predicted molar refractivity (Wildman–Crippen MR) is 60.5 cm³/mol. The molecule has 0 saturated heterocycles. The zero-order chi connectivity index (χ0) is 11.5. The number of H-pyrrole nitrogens is 1. The molecule has 6 heteroatoms. The molecule has 0 aliphatic carbocycles. The van der Waals surface area contributed by atoms with Crippen molar-refractivity contribution in [3.8, 4) is 0 Å². The fraction of sp³-hybridized carbons (Fsp3) is 0.100. The normalized spacial score (nSPS) is 10.1. The molecule has 0 atom stereocenters. The topological polar surface area (TPSA) is 70.7 Å². The lowest BCUT2D eigenvalue weighted by molar-refractivity contribution is 0.101. The van der Waals surface area contributed by atoms with Crippen LogP contribution >= 0.6 is 11.6 Å². The first kappa shape index (κ1) is 10.6. The van der Waals surface area contributed by atoms with E-state index in [1.165, 1.54) is 6.33 Å². The first-order valence-electron chi connectivity index (χ1n) is 4.59. The summed E-state index contributed by atoms with van der Waals surface area (Å²) in [5.74, 6) is -0.220. The van der Waals surface area contributed by atoms with Gasteiger partial charge in [0, 0.05) is 0 Å². The first-order valence-corrected chi connectivity index (χ1v) is 4.97. The van der Waals surface area contributed by atoms with E-state index in [9.17, 15) is 4.79 Å². The number of nitrogens with one attached hydrogen (secondary N) is 2. The maximum atomic E-state index is 11.6. The van der Waals surface area contributed by atoms with Crippen molar-refractivity contribution in [2.75, 3.05) is 5.32 Å². The maximum Gasteiger partial charge on any atom is 0.293 e. The molecule has 16 heavy (non-hydrogen) atoms. The van der Waals surface area contributed by atoms with Crippen LogP contribution in [0.4, 0.5) is 5.69 Å². The number of anilines is 1. The number of aryl methyl sites for hydroxylation is 1. The first-order chi connectivity index (χ1) is 7.66. The van der Waals surface area contributed by atoms with E-state index in [2.05, 4.69) is 20.5 Å². The Hall–Kier alpha value is -1.88. The number of amides is 1. The lowest BCUT2D eigenvalue weighted by atomic mass is 10.2. The molecule has 0 aliphatic rings. The van der Waals surface area contributed by atoms with Crippen molar-refractivity contribution in [3.05, 3.63) is 40.9 Å². The number of benzene rings is 1. The molecule has 0 radical (unpaired) electrons. The molecule has 0 spiro atoms. The summed E-state index contributed by atoms with van der Waals surface area (Å²) in [6.07, 6.45) is 1.27. The van der Waals surface area contributed by atoms with E-state index in [0.717, 1.165) is 5.56 Å². The van der Waals surface area contributed by atoms with E-state index in [1.807, 2.05) is 13.0 Å². The number of aromatic nitrogens is 3. The molecule has 1 heterocycles. The number of nitrogens with zero attached hydrogens (tertiary/aromatic N) is 2. The zero-order valence-corrected chi connectivity index (χ0v) is 9.25. The van der Waals surface area contributed by atoms with Crippen molar-refractivity contribution in [2.45, 2.75) is 6.92 Å². The van der Waals surface area contributed by atoms with Gasteiger partial charge in [-0.25, -0.2) is 4.98 Å². The number of carbonyl (C=O) groups excluding carboxylic acids is 1. The fourth-order valence-corrected chi connectivity index (χ4v) is 1.40. The number of carbonyl (C=O) groups is 1. The van der Waals surface area contributed by atoms with Crippen LogP contribution in [0.25, 0.3) is 0 Å². The SMILES string of the molecule is Cc1ccc(Cl)c(NC(=O)c2ncn[nH]2)c1. The average molecular weight is 237 g/mol. The third-order valence-electron chi connectivity index (χ3n) is 2.00. The second kappa shape index (κ2) is 4.32. The molecule has 82 valence electrons. The van der Waals surface area contributed by atoms with Gasteiger partial charge in [0.05, 0.1) is 10.7 Å². The van der Waals surface area contributed by atoms with Gasteiger partial charge in [-0.15, -0.1) is 0 Å². The van der Waals surface area contributed by atoms with Crippen LogP contribution in [0.3, 0.4) is 0 Å². The summed E-state index contributed by atoms with van der Waals surface area (Å²) >= 11 is 5.94. The predicted octanol–water partition coefficient (Wildman–Crippen LogP) is 2.02. The molecule has 1 aromatic carbocycles. The van der Waals surface area contributed by atoms with E-state index < -0.39 is 0 Å². The van der Waals surface area contributed by atoms with Crippen molar-refractivity contribution in [3.63, 3.8) is 0 Å². The minimum Gasteiger partial charge on any atom is -0.318 e. The third-order valence-corrected chi connectivity index (χ3v) is 2.33. The Kier molecular flexibility index (Phi) is 2.87. The molecular weight excluding hydrogens is 228 g/mol. The smallest absolute Gasteiger partial charge is 0.293 e. The third kappa shape index (κ3) is 2.20. The number of hydrogen-bond donors (Lipinski definition) is 2. The summed E-state index contributed by atoms with van der Waals surface area (Å²) in [6, 6.07) is 5.38. The summed E-state index contributed by atoms with van der Waals surface area (Å²) in [7, 11) is 0. The fourth-order valence-electron chi connectivity index (χ4n) is 1.23. The quantitative estimate of drug-likeness (QED) is 0.838. The number of rotatable bonds is 2. The number of hydrogen-bond acceptors (Lipinski definition) is 3. The van der Waals surface area contributed by atoms with Crippen LogP contribution < -0.4 is 5.32 Å². The van der Waals surface area contributed by atoms with Crippen molar-refractivity contribution in [1.82, 2.24) is 15.2 Å². The zero-order valence-electron chi connectivity index (χ0n) is 8.49. The van der Waals surface area contributed by atoms with Gasteiger partial charge in [0.15, 0.2) is 0 Å². The Morgan fingerprint density at radius 1 is 1.50 bits per heavy atom. The van der Waals surface area contributed by atoms with E-state index in [-0.39, 0.29) is 11.7 Å². The average Bonchev–Trinajstić information content (AvgIpc) is 2.76. The van der Waals surface area contributed by atoms with Crippen molar-refractivity contribution in [2.24, 2.45) is 0 Å². The summed E-state index contributed by atoms with van der Waals surface area (Å²) < 4.78 is 0. The highest BCUT2D eigenvalue weighted by molar-refractivity contribution is 6.33. The standard InChI is InChI=1S/C10H9ClN4O/c1-6-2-3-7(11)8(4-6)14-10(16)9-12-5-13-15-9/h2-5H,1H3,(H,14,16)(H,12,13,15). The maximum absolute atomic E-state index is 11.6. The Morgan fingerprint density at radius 2 is 2.31 bits per heavy atom. The lowest BCUT2D eigenvalue weighted by Gasteiger charge is -2.06. The molecule has 2 N–H and O–H groups in total. The van der Waals surface area contributed by atoms with Gasteiger partial charge in [-0.2, -0.15) is 5.10 Å². The Labute approximate surface area is 96.8 Å². The van der Waals surface area contributed by atoms with Gasteiger partial charge in [0.25, 0.3) is 5.91 Å². The van der Waals surface area contributed by atoms with E-state index in [0.29, 0.717) is 10.7 Å². The van der Waals surface area contributed by atoms with Gasteiger partial charge in [0.2, 0.25) is 5.82 Å².